The summed E-state index contributed by atoms with van der Waals surface area (Å²) >= 11 is 0. The van der Waals surface area contributed by atoms with Crippen LogP contribution in [0.2, 0.25) is 0 Å². The third kappa shape index (κ3) is 3.76. The van der Waals surface area contributed by atoms with Gasteiger partial charge in [0.05, 0.1) is 12.8 Å². The number of carbonyl (C=O) groups is 2. The summed E-state index contributed by atoms with van der Waals surface area (Å²) in [6.45, 7) is 6.72. The third-order valence-electron chi connectivity index (χ3n) is 4.63. The highest BCUT2D eigenvalue weighted by Crippen LogP contribution is 2.47. The van der Waals surface area contributed by atoms with Gasteiger partial charge in [-0.25, -0.2) is 0 Å². The molecule has 0 unspecified atom stereocenters. The molecule has 1 aliphatic rings. The molecule has 2 amide bonds. The zero-order valence-electron chi connectivity index (χ0n) is 14.9. The molecule has 2 aromatic rings. The molecule has 1 aromatic carbocycles. The predicted octanol–water partition coefficient (Wildman–Crippen LogP) is 3.61. The fraction of sp³-hybridized carbons (Fsp3) is 0.400. The van der Waals surface area contributed by atoms with E-state index in [9.17, 15) is 9.59 Å². The Labute approximate surface area is 147 Å². The van der Waals surface area contributed by atoms with Crippen LogP contribution in [0.15, 0.2) is 47.1 Å². The fourth-order valence-corrected chi connectivity index (χ4v) is 2.74. The van der Waals surface area contributed by atoms with Crippen molar-refractivity contribution in [1.82, 2.24) is 5.32 Å². The van der Waals surface area contributed by atoms with Crippen LogP contribution >= 0.6 is 0 Å². The van der Waals surface area contributed by atoms with Gasteiger partial charge >= 0.3 is 0 Å². The zero-order chi connectivity index (χ0) is 18.1. The topological polar surface area (TPSA) is 71.3 Å². The molecular formula is C20H24N2O3. The van der Waals surface area contributed by atoms with E-state index in [1.165, 1.54) is 5.56 Å². The van der Waals surface area contributed by atoms with Gasteiger partial charge in [0.2, 0.25) is 11.8 Å². The van der Waals surface area contributed by atoms with Crippen LogP contribution in [-0.4, -0.2) is 11.8 Å². The van der Waals surface area contributed by atoms with Gasteiger partial charge in [-0.3, -0.25) is 9.59 Å². The lowest BCUT2D eigenvalue weighted by molar-refractivity contribution is -0.134. The molecule has 1 aliphatic carbocycles. The summed E-state index contributed by atoms with van der Waals surface area (Å²) < 4.78 is 5.20. The molecule has 0 bridgehead atoms. The van der Waals surface area contributed by atoms with Crippen molar-refractivity contribution in [2.75, 3.05) is 5.32 Å². The second-order valence-corrected chi connectivity index (χ2v) is 7.63. The Morgan fingerprint density at radius 3 is 2.28 bits per heavy atom. The number of furan rings is 1. The minimum atomic E-state index is -0.949. The molecule has 1 aromatic heterocycles. The molecule has 1 saturated carbocycles. The van der Waals surface area contributed by atoms with Crippen molar-refractivity contribution in [2.45, 2.75) is 45.6 Å². The van der Waals surface area contributed by atoms with E-state index in [1.807, 2.05) is 24.3 Å². The summed E-state index contributed by atoms with van der Waals surface area (Å²) in [6.07, 6.45) is 2.70. The van der Waals surface area contributed by atoms with Crippen LogP contribution in [0.5, 0.6) is 0 Å². The van der Waals surface area contributed by atoms with Crippen molar-refractivity contribution in [2.24, 2.45) is 5.41 Å². The Balaban J connectivity index is 1.61. The lowest BCUT2D eigenvalue weighted by atomic mass is 9.87. The zero-order valence-corrected chi connectivity index (χ0v) is 14.9. The summed E-state index contributed by atoms with van der Waals surface area (Å²) in [5, 5.41) is 5.66. The van der Waals surface area contributed by atoms with Crippen molar-refractivity contribution in [1.29, 1.82) is 0 Å². The lowest BCUT2D eigenvalue weighted by Gasteiger charge is -2.20. The summed E-state index contributed by atoms with van der Waals surface area (Å²) in [5.74, 6) is 0.183. The van der Waals surface area contributed by atoms with E-state index in [0.29, 0.717) is 30.8 Å². The number of benzene rings is 1. The SMILES string of the molecule is CC(C)(C)c1ccc(NC(=O)C2(C(=O)NCc3ccco3)CC2)cc1. The number of hydrogen-bond donors (Lipinski definition) is 2. The van der Waals surface area contributed by atoms with E-state index >= 15 is 0 Å². The Hall–Kier alpha value is -2.56. The molecule has 3 rings (SSSR count). The van der Waals surface area contributed by atoms with Gasteiger partial charge in [-0.2, -0.15) is 0 Å². The van der Waals surface area contributed by atoms with Crippen LogP contribution in [0.25, 0.3) is 0 Å². The molecule has 1 fully saturated rings. The first-order valence-corrected chi connectivity index (χ1v) is 8.54. The predicted molar refractivity (Wildman–Crippen MR) is 96.0 cm³/mol. The van der Waals surface area contributed by atoms with Crippen molar-refractivity contribution < 1.29 is 14.0 Å². The number of carbonyl (C=O) groups excluding carboxylic acids is 2. The second-order valence-electron chi connectivity index (χ2n) is 7.63. The molecule has 1 heterocycles. The molecule has 25 heavy (non-hydrogen) atoms. The molecular weight excluding hydrogens is 316 g/mol. The minimum absolute atomic E-state index is 0.0615. The van der Waals surface area contributed by atoms with Crippen molar-refractivity contribution in [3.63, 3.8) is 0 Å². The fourth-order valence-electron chi connectivity index (χ4n) is 2.74. The van der Waals surface area contributed by atoms with Gasteiger partial charge in [0, 0.05) is 5.69 Å². The van der Waals surface area contributed by atoms with Crippen molar-refractivity contribution in [3.8, 4) is 0 Å². The van der Waals surface area contributed by atoms with Gasteiger partial charge in [0.1, 0.15) is 11.2 Å². The number of hydrogen-bond acceptors (Lipinski definition) is 3. The maximum Gasteiger partial charge on any atom is 0.240 e. The minimum Gasteiger partial charge on any atom is -0.467 e. The number of rotatable bonds is 5. The Morgan fingerprint density at radius 2 is 1.76 bits per heavy atom. The molecule has 132 valence electrons. The summed E-state index contributed by atoms with van der Waals surface area (Å²) in [7, 11) is 0. The second kappa shape index (κ2) is 6.39. The lowest BCUT2D eigenvalue weighted by Crippen LogP contribution is -2.39. The van der Waals surface area contributed by atoms with Gasteiger partial charge in [0.15, 0.2) is 0 Å². The van der Waals surface area contributed by atoms with E-state index in [0.717, 1.165) is 0 Å². The molecule has 5 nitrogen and oxygen atoms in total. The van der Waals surface area contributed by atoms with E-state index in [1.54, 1.807) is 18.4 Å². The van der Waals surface area contributed by atoms with Crippen LogP contribution in [0, 0.1) is 5.41 Å². The maximum atomic E-state index is 12.6. The molecule has 0 saturated heterocycles. The van der Waals surface area contributed by atoms with Crippen molar-refractivity contribution in [3.05, 3.63) is 54.0 Å². The number of nitrogens with one attached hydrogen (secondary N) is 2. The highest BCUT2D eigenvalue weighted by molar-refractivity contribution is 6.13. The molecule has 0 radical (unpaired) electrons. The van der Waals surface area contributed by atoms with E-state index in [2.05, 4.69) is 31.4 Å². The average Bonchev–Trinajstić information content (AvgIpc) is 3.22. The smallest absolute Gasteiger partial charge is 0.240 e. The van der Waals surface area contributed by atoms with E-state index in [4.69, 9.17) is 4.42 Å². The summed E-state index contributed by atoms with van der Waals surface area (Å²) in [6, 6.07) is 11.3. The normalized spacial score (nSPS) is 15.5. The monoisotopic (exact) mass is 340 g/mol. The first kappa shape index (κ1) is 17.3. The Bertz CT molecular complexity index is 751. The van der Waals surface area contributed by atoms with Gasteiger partial charge in [-0.05, 0) is 48.1 Å². The van der Waals surface area contributed by atoms with Gasteiger partial charge in [0.25, 0.3) is 0 Å². The third-order valence-corrected chi connectivity index (χ3v) is 4.63. The van der Waals surface area contributed by atoms with Crippen LogP contribution < -0.4 is 10.6 Å². The quantitative estimate of drug-likeness (QED) is 0.817. The molecule has 0 atom stereocenters. The average molecular weight is 340 g/mol. The van der Waals surface area contributed by atoms with Gasteiger partial charge in [-0.1, -0.05) is 32.9 Å². The number of amides is 2. The Kier molecular flexibility index (Phi) is 4.41. The highest BCUT2D eigenvalue weighted by atomic mass is 16.3. The summed E-state index contributed by atoms with van der Waals surface area (Å²) in [5.41, 5.74) is 1.02. The standard InChI is InChI=1S/C20H24N2O3/c1-19(2,3)14-6-8-15(9-7-14)22-18(24)20(10-11-20)17(23)21-13-16-5-4-12-25-16/h4-9,12H,10-11,13H2,1-3H3,(H,21,23)(H,22,24). The molecule has 0 spiro atoms. The molecule has 2 N–H and O–H groups in total. The van der Waals surface area contributed by atoms with E-state index < -0.39 is 5.41 Å². The van der Waals surface area contributed by atoms with E-state index in [-0.39, 0.29) is 17.2 Å². The Morgan fingerprint density at radius 1 is 1.08 bits per heavy atom. The molecule has 0 aliphatic heterocycles. The largest absolute Gasteiger partial charge is 0.467 e. The highest BCUT2D eigenvalue weighted by Gasteiger charge is 2.56. The first-order valence-electron chi connectivity index (χ1n) is 8.54. The van der Waals surface area contributed by atoms with Crippen LogP contribution in [-0.2, 0) is 21.5 Å². The maximum absolute atomic E-state index is 12.6. The van der Waals surface area contributed by atoms with Crippen LogP contribution in [0.3, 0.4) is 0 Å². The van der Waals surface area contributed by atoms with Gasteiger partial charge < -0.3 is 15.1 Å². The first-order chi connectivity index (χ1) is 11.8. The van der Waals surface area contributed by atoms with Crippen LogP contribution in [0.4, 0.5) is 5.69 Å². The molecule has 5 heteroatoms. The van der Waals surface area contributed by atoms with Crippen LogP contribution in [0.1, 0.15) is 44.9 Å². The van der Waals surface area contributed by atoms with Crippen molar-refractivity contribution >= 4 is 17.5 Å². The van der Waals surface area contributed by atoms with Gasteiger partial charge in [-0.15, -0.1) is 0 Å². The summed E-state index contributed by atoms with van der Waals surface area (Å²) in [4.78, 5) is 25.0. The number of anilines is 1.